The van der Waals surface area contributed by atoms with Gasteiger partial charge in [0.15, 0.2) is 0 Å². The Hall–Kier alpha value is -3.62. The third-order valence-corrected chi connectivity index (χ3v) is 7.89. The minimum absolute atomic E-state index is 0.264. The minimum atomic E-state index is 0.264. The van der Waals surface area contributed by atoms with Gasteiger partial charge in [-0.05, 0) is 54.7 Å². The molecule has 3 aliphatic rings. The molecule has 0 bridgehead atoms. The summed E-state index contributed by atoms with van der Waals surface area (Å²) in [6.07, 6.45) is 11.1. The molecule has 7 rings (SSSR count). The fourth-order valence-electron chi connectivity index (χ4n) is 5.35. The summed E-state index contributed by atoms with van der Waals surface area (Å²) in [6, 6.07) is 15.1. The number of benzene rings is 1. The van der Waals surface area contributed by atoms with Gasteiger partial charge in [-0.2, -0.15) is 5.10 Å². The molecule has 194 valence electrons. The summed E-state index contributed by atoms with van der Waals surface area (Å²) >= 11 is 0. The van der Waals surface area contributed by atoms with E-state index in [1.165, 1.54) is 43.7 Å². The van der Waals surface area contributed by atoms with E-state index in [-0.39, 0.29) is 6.04 Å². The smallest absolute Gasteiger partial charge is 0.133 e. The highest BCUT2D eigenvalue weighted by molar-refractivity contribution is 5.78. The van der Waals surface area contributed by atoms with Crippen LogP contribution in [0.15, 0.2) is 67.3 Å². The summed E-state index contributed by atoms with van der Waals surface area (Å²) in [5, 5.41) is 4.90. The van der Waals surface area contributed by atoms with Crippen molar-refractivity contribution in [3.63, 3.8) is 0 Å². The van der Waals surface area contributed by atoms with Crippen molar-refractivity contribution >= 4 is 5.69 Å². The Balaban J connectivity index is 1.07. The van der Waals surface area contributed by atoms with Crippen LogP contribution in [0.2, 0.25) is 0 Å². The topological polar surface area (TPSA) is 72.2 Å². The zero-order chi connectivity index (χ0) is 25.3. The van der Waals surface area contributed by atoms with E-state index in [1.54, 1.807) is 6.20 Å². The predicted octanol–water partition coefficient (Wildman–Crippen LogP) is 4.10. The lowest BCUT2D eigenvalue weighted by Crippen LogP contribution is -2.47. The monoisotopic (exact) mass is 507 g/mol. The van der Waals surface area contributed by atoms with Crippen molar-refractivity contribution in [3.05, 3.63) is 78.6 Å². The van der Waals surface area contributed by atoms with Gasteiger partial charge >= 0.3 is 0 Å². The zero-order valence-corrected chi connectivity index (χ0v) is 21.6. The van der Waals surface area contributed by atoms with Crippen LogP contribution >= 0.6 is 0 Å². The van der Waals surface area contributed by atoms with Crippen molar-refractivity contribution < 1.29 is 4.74 Å². The Morgan fingerprint density at radius 3 is 2.47 bits per heavy atom. The zero-order valence-electron chi connectivity index (χ0n) is 21.6. The van der Waals surface area contributed by atoms with Crippen molar-refractivity contribution in [2.45, 2.75) is 25.3 Å². The first-order valence-corrected chi connectivity index (χ1v) is 13.7. The maximum absolute atomic E-state index is 5.40. The van der Waals surface area contributed by atoms with E-state index in [0.717, 1.165) is 47.3 Å². The van der Waals surface area contributed by atoms with E-state index in [0.29, 0.717) is 19.6 Å². The van der Waals surface area contributed by atoms with Gasteiger partial charge < -0.3 is 9.64 Å². The largest absolute Gasteiger partial charge is 0.377 e. The van der Waals surface area contributed by atoms with Crippen LogP contribution in [0.3, 0.4) is 0 Å². The first kappa shape index (κ1) is 23.5. The molecule has 4 aromatic rings. The molecule has 0 spiro atoms. The van der Waals surface area contributed by atoms with Crippen LogP contribution in [-0.2, 0) is 11.2 Å². The quantitative estimate of drug-likeness (QED) is 0.356. The van der Waals surface area contributed by atoms with Gasteiger partial charge in [0.05, 0.1) is 24.9 Å². The molecule has 0 N–H and O–H groups in total. The summed E-state index contributed by atoms with van der Waals surface area (Å²) in [4.78, 5) is 19.0. The molecule has 38 heavy (non-hydrogen) atoms. The van der Waals surface area contributed by atoms with Crippen LogP contribution in [-0.4, -0.2) is 75.6 Å². The van der Waals surface area contributed by atoms with E-state index in [4.69, 9.17) is 14.8 Å². The maximum Gasteiger partial charge on any atom is 0.133 e. The maximum atomic E-state index is 5.40. The Morgan fingerprint density at radius 2 is 1.76 bits per heavy atom. The van der Waals surface area contributed by atoms with Crippen LogP contribution in [0.1, 0.15) is 30.3 Å². The number of piperazine rings is 1. The molecule has 3 fully saturated rings. The molecule has 8 heteroatoms. The number of pyridine rings is 1. The van der Waals surface area contributed by atoms with Gasteiger partial charge in [0, 0.05) is 80.7 Å². The molecule has 0 amide bonds. The Kier molecular flexibility index (Phi) is 6.35. The summed E-state index contributed by atoms with van der Waals surface area (Å²) in [5.41, 5.74) is 6.25. The number of ether oxygens (including phenoxy) is 1. The summed E-state index contributed by atoms with van der Waals surface area (Å²) in [5.74, 6) is 1.78. The highest BCUT2D eigenvalue weighted by atomic mass is 16.5. The van der Waals surface area contributed by atoms with Crippen molar-refractivity contribution in [1.29, 1.82) is 0 Å². The Bertz CT molecular complexity index is 1370. The third kappa shape index (κ3) is 5.06. The van der Waals surface area contributed by atoms with Crippen molar-refractivity contribution in [3.8, 4) is 22.5 Å². The molecule has 0 unspecified atom stereocenters. The highest BCUT2D eigenvalue weighted by Gasteiger charge is 2.27. The number of rotatable bonds is 8. The standard InChI is InChI=1S/C30H33N7O/c1-2-24(17-31-10-1)30-27(19-37(34-30)26-20-38-21-26)28-9-11-32-29(33-28)16-22-5-7-25(8-6-22)36-14-12-35(13-15-36)18-23-3-4-23/h1-2,5-11,17,19,23,26H,3-4,12-16,18,20-21H2. The predicted molar refractivity (Wildman–Crippen MR) is 147 cm³/mol. The van der Waals surface area contributed by atoms with E-state index >= 15 is 0 Å². The van der Waals surface area contributed by atoms with Crippen molar-refractivity contribution in [2.24, 2.45) is 5.92 Å². The number of hydrogen-bond acceptors (Lipinski definition) is 7. The van der Waals surface area contributed by atoms with E-state index in [9.17, 15) is 0 Å². The molecule has 5 heterocycles. The lowest BCUT2D eigenvalue weighted by atomic mass is 10.1. The molecule has 2 saturated heterocycles. The molecular formula is C30H33N7O. The lowest BCUT2D eigenvalue weighted by Gasteiger charge is -2.36. The van der Waals surface area contributed by atoms with Crippen LogP contribution in [0.25, 0.3) is 22.5 Å². The lowest BCUT2D eigenvalue weighted by molar-refractivity contribution is -0.0285. The molecule has 2 aliphatic heterocycles. The molecule has 8 nitrogen and oxygen atoms in total. The normalized spacial score (nSPS) is 18.5. The van der Waals surface area contributed by atoms with E-state index in [2.05, 4.69) is 50.2 Å². The molecule has 1 saturated carbocycles. The average molecular weight is 508 g/mol. The van der Waals surface area contributed by atoms with Gasteiger partial charge in [0.2, 0.25) is 0 Å². The van der Waals surface area contributed by atoms with Gasteiger partial charge in [-0.15, -0.1) is 0 Å². The fraction of sp³-hybridized carbons (Fsp3) is 0.400. The van der Waals surface area contributed by atoms with E-state index < -0.39 is 0 Å². The number of anilines is 1. The van der Waals surface area contributed by atoms with Gasteiger partial charge in [-0.25, -0.2) is 9.97 Å². The first-order valence-electron chi connectivity index (χ1n) is 13.7. The van der Waals surface area contributed by atoms with Gasteiger partial charge in [0.25, 0.3) is 0 Å². The SMILES string of the molecule is c1cncc(-c2nn(C3COC3)cc2-c2ccnc(Cc3ccc(N4CCN(CC5CC5)CC4)cc3)n2)c1. The molecule has 3 aromatic heterocycles. The van der Waals surface area contributed by atoms with Crippen molar-refractivity contribution in [2.75, 3.05) is 50.8 Å². The average Bonchev–Trinajstić information content (AvgIpc) is 3.65. The van der Waals surface area contributed by atoms with Gasteiger partial charge in [0.1, 0.15) is 11.5 Å². The number of aromatic nitrogens is 5. The Morgan fingerprint density at radius 1 is 0.921 bits per heavy atom. The molecule has 1 aromatic carbocycles. The Labute approximate surface area is 223 Å². The highest BCUT2D eigenvalue weighted by Crippen LogP contribution is 2.32. The third-order valence-electron chi connectivity index (χ3n) is 7.89. The second kappa shape index (κ2) is 10.3. The number of nitrogens with zero attached hydrogens (tertiary/aromatic N) is 7. The van der Waals surface area contributed by atoms with Crippen LogP contribution in [0.4, 0.5) is 5.69 Å². The minimum Gasteiger partial charge on any atom is -0.377 e. The second-order valence-corrected chi connectivity index (χ2v) is 10.7. The van der Waals surface area contributed by atoms with Crippen LogP contribution < -0.4 is 4.90 Å². The van der Waals surface area contributed by atoms with Crippen molar-refractivity contribution in [1.82, 2.24) is 29.6 Å². The summed E-state index contributed by atoms with van der Waals surface area (Å²) in [6.45, 7) is 7.23. The van der Waals surface area contributed by atoms with E-state index in [1.807, 2.05) is 35.3 Å². The summed E-state index contributed by atoms with van der Waals surface area (Å²) < 4.78 is 7.41. The fourth-order valence-corrected chi connectivity index (χ4v) is 5.35. The first-order chi connectivity index (χ1) is 18.8. The van der Waals surface area contributed by atoms with Crippen LogP contribution in [0.5, 0.6) is 0 Å². The van der Waals surface area contributed by atoms with Gasteiger partial charge in [-0.1, -0.05) is 12.1 Å². The molecule has 0 atom stereocenters. The second-order valence-electron chi connectivity index (χ2n) is 10.7. The van der Waals surface area contributed by atoms with Crippen LogP contribution in [0, 0.1) is 5.92 Å². The number of hydrogen-bond donors (Lipinski definition) is 0. The molecule has 0 radical (unpaired) electrons. The summed E-state index contributed by atoms with van der Waals surface area (Å²) in [7, 11) is 0. The molecule has 1 aliphatic carbocycles. The molecular weight excluding hydrogens is 474 g/mol. The van der Waals surface area contributed by atoms with Gasteiger partial charge in [-0.3, -0.25) is 14.6 Å².